The summed E-state index contributed by atoms with van der Waals surface area (Å²) < 4.78 is 0.977. The molecule has 0 aliphatic heterocycles. The second-order valence-electron chi connectivity index (χ2n) is 3.42. The molecular formula is C11H15BrN2O. The van der Waals surface area contributed by atoms with Crippen LogP contribution in [0.15, 0.2) is 22.7 Å². The smallest absolute Gasteiger partial charge is 0.241 e. The van der Waals surface area contributed by atoms with Crippen LogP contribution in [-0.4, -0.2) is 11.9 Å². The largest absolute Gasteiger partial charge is 0.324 e. The van der Waals surface area contributed by atoms with Crippen LogP contribution in [0.3, 0.4) is 0 Å². The molecule has 1 amide bonds. The van der Waals surface area contributed by atoms with Crippen molar-refractivity contribution in [1.29, 1.82) is 0 Å². The molecule has 0 aromatic heterocycles. The first kappa shape index (κ1) is 12.2. The molecule has 0 bridgehead atoms. The molecule has 1 atom stereocenters. The molecule has 0 fully saturated rings. The maximum Gasteiger partial charge on any atom is 0.241 e. The van der Waals surface area contributed by atoms with Crippen molar-refractivity contribution in [2.24, 2.45) is 5.73 Å². The Bertz CT molecular complexity index is 366. The highest BCUT2D eigenvalue weighted by molar-refractivity contribution is 9.10. The van der Waals surface area contributed by atoms with Gasteiger partial charge in [-0.3, -0.25) is 4.79 Å². The molecular weight excluding hydrogens is 256 g/mol. The van der Waals surface area contributed by atoms with Gasteiger partial charge in [0.05, 0.1) is 6.04 Å². The quantitative estimate of drug-likeness (QED) is 0.887. The molecule has 0 aliphatic carbocycles. The van der Waals surface area contributed by atoms with E-state index in [0.717, 1.165) is 15.7 Å². The number of amides is 1. The minimum absolute atomic E-state index is 0.140. The highest BCUT2D eigenvalue weighted by Crippen LogP contribution is 2.23. The fourth-order valence-electron chi connectivity index (χ4n) is 1.15. The first-order valence-corrected chi connectivity index (χ1v) is 5.67. The Labute approximate surface area is 98.2 Å². The van der Waals surface area contributed by atoms with Crippen LogP contribution >= 0.6 is 15.9 Å². The van der Waals surface area contributed by atoms with Crippen molar-refractivity contribution in [3.05, 3.63) is 28.2 Å². The molecule has 1 rings (SSSR count). The van der Waals surface area contributed by atoms with Crippen molar-refractivity contribution in [2.75, 3.05) is 5.32 Å². The molecule has 0 spiro atoms. The SMILES string of the molecule is CC[C@@H](N)C(=O)Nc1cccc(Br)c1C. The minimum atomic E-state index is -0.441. The Morgan fingerprint density at radius 3 is 2.87 bits per heavy atom. The number of nitrogens with one attached hydrogen (secondary N) is 1. The number of nitrogens with two attached hydrogens (primary N) is 1. The van der Waals surface area contributed by atoms with E-state index in [2.05, 4.69) is 21.2 Å². The van der Waals surface area contributed by atoms with Crippen LogP contribution < -0.4 is 11.1 Å². The number of hydrogen-bond acceptors (Lipinski definition) is 2. The van der Waals surface area contributed by atoms with Crippen LogP contribution in [0, 0.1) is 6.92 Å². The number of hydrogen-bond donors (Lipinski definition) is 2. The molecule has 0 saturated carbocycles. The van der Waals surface area contributed by atoms with Crippen LogP contribution in [0.4, 0.5) is 5.69 Å². The van der Waals surface area contributed by atoms with Gasteiger partial charge in [0.1, 0.15) is 0 Å². The monoisotopic (exact) mass is 270 g/mol. The van der Waals surface area contributed by atoms with E-state index >= 15 is 0 Å². The van der Waals surface area contributed by atoms with Crippen LogP contribution in [0.5, 0.6) is 0 Å². The summed E-state index contributed by atoms with van der Waals surface area (Å²) in [5.74, 6) is -0.140. The lowest BCUT2D eigenvalue weighted by atomic mass is 10.1. The van der Waals surface area contributed by atoms with Crippen molar-refractivity contribution < 1.29 is 4.79 Å². The predicted molar refractivity (Wildman–Crippen MR) is 65.8 cm³/mol. The molecule has 0 radical (unpaired) electrons. The van der Waals surface area contributed by atoms with Gasteiger partial charge in [-0.1, -0.05) is 28.9 Å². The Kier molecular flexibility index (Phi) is 4.29. The maximum atomic E-state index is 11.6. The lowest BCUT2D eigenvalue weighted by Crippen LogP contribution is -2.35. The van der Waals surface area contributed by atoms with Gasteiger partial charge in [-0.25, -0.2) is 0 Å². The molecule has 3 N–H and O–H groups in total. The molecule has 0 saturated heterocycles. The predicted octanol–water partition coefficient (Wildman–Crippen LogP) is 2.43. The Morgan fingerprint density at radius 1 is 1.60 bits per heavy atom. The van der Waals surface area contributed by atoms with E-state index in [1.807, 2.05) is 32.0 Å². The Balaban J connectivity index is 2.81. The lowest BCUT2D eigenvalue weighted by Gasteiger charge is -2.12. The number of carbonyl (C=O) groups is 1. The second kappa shape index (κ2) is 5.28. The Morgan fingerprint density at radius 2 is 2.27 bits per heavy atom. The average molecular weight is 271 g/mol. The summed E-state index contributed by atoms with van der Waals surface area (Å²) in [4.78, 5) is 11.6. The summed E-state index contributed by atoms with van der Waals surface area (Å²) in [6, 6.07) is 5.23. The van der Waals surface area contributed by atoms with Gasteiger partial charge in [-0.05, 0) is 31.0 Å². The number of anilines is 1. The van der Waals surface area contributed by atoms with Crippen LogP contribution in [-0.2, 0) is 4.79 Å². The normalized spacial score (nSPS) is 12.3. The highest BCUT2D eigenvalue weighted by atomic mass is 79.9. The molecule has 0 unspecified atom stereocenters. The van der Waals surface area contributed by atoms with Gasteiger partial charge >= 0.3 is 0 Å². The van der Waals surface area contributed by atoms with Gasteiger partial charge in [0.25, 0.3) is 0 Å². The minimum Gasteiger partial charge on any atom is -0.324 e. The zero-order valence-electron chi connectivity index (χ0n) is 8.88. The summed E-state index contributed by atoms with van der Waals surface area (Å²) in [5, 5.41) is 2.81. The summed E-state index contributed by atoms with van der Waals surface area (Å²) >= 11 is 3.41. The fourth-order valence-corrected chi connectivity index (χ4v) is 1.52. The van der Waals surface area contributed by atoms with Crippen molar-refractivity contribution in [2.45, 2.75) is 26.3 Å². The molecule has 1 aromatic rings. The van der Waals surface area contributed by atoms with E-state index in [-0.39, 0.29) is 5.91 Å². The zero-order chi connectivity index (χ0) is 11.4. The number of rotatable bonds is 3. The molecule has 3 nitrogen and oxygen atoms in total. The number of benzene rings is 1. The van der Waals surface area contributed by atoms with E-state index < -0.39 is 6.04 Å². The topological polar surface area (TPSA) is 55.1 Å². The molecule has 82 valence electrons. The van der Waals surface area contributed by atoms with E-state index in [9.17, 15) is 4.79 Å². The van der Waals surface area contributed by atoms with Crippen LogP contribution in [0.2, 0.25) is 0 Å². The van der Waals surface area contributed by atoms with Crippen molar-refractivity contribution in [3.8, 4) is 0 Å². The van der Waals surface area contributed by atoms with E-state index in [0.29, 0.717) is 6.42 Å². The number of halogens is 1. The van der Waals surface area contributed by atoms with Gasteiger partial charge in [0, 0.05) is 10.2 Å². The molecule has 1 aromatic carbocycles. The van der Waals surface area contributed by atoms with Gasteiger partial charge in [0.2, 0.25) is 5.91 Å². The van der Waals surface area contributed by atoms with E-state index in [1.165, 1.54) is 0 Å². The van der Waals surface area contributed by atoms with Gasteiger partial charge < -0.3 is 11.1 Å². The maximum absolute atomic E-state index is 11.6. The first-order valence-electron chi connectivity index (χ1n) is 4.87. The average Bonchev–Trinajstić information content (AvgIpc) is 2.23. The summed E-state index contributed by atoms with van der Waals surface area (Å²) in [5.41, 5.74) is 7.44. The van der Waals surface area contributed by atoms with E-state index in [4.69, 9.17) is 5.73 Å². The van der Waals surface area contributed by atoms with Crippen molar-refractivity contribution in [1.82, 2.24) is 0 Å². The van der Waals surface area contributed by atoms with Crippen molar-refractivity contribution in [3.63, 3.8) is 0 Å². The summed E-state index contributed by atoms with van der Waals surface area (Å²) in [6.45, 7) is 3.83. The molecule has 4 heteroatoms. The van der Waals surface area contributed by atoms with Gasteiger partial charge in [-0.2, -0.15) is 0 Å². The first-order chi connectivity index (χ1) is 7.06. The molecule has 15 heavy (non-hydrogen) atoms. The molecule has 0 aliphatic rings. The van der Waals surface area contributed by atoms with Gasteiger partial charge in [0.15, 0.2) is 0 Å². The zero-order valence-corrected chi connectivity index (χ0v) is 10.5. The fraction of sp³-hybridized carbons (Fsp3) is 0.364. The van der Waals surface area contributed by atoms with E-state index in [1.54, 1.807) is 0 Å². The standard InChI is InChI=1S/C11H15BrN2O/c1-3-9(13)11(15)14-10-6-4-5-8(12)7(10)2/h4-6,9H,3,13H2,1-2H3,(H,14,15)/t9-/m1/s1. The summed E-state index contributed by atoms with van der Waals surface area (Å²) in [6.07, 6.45) is 0.638. The number of carbonyl (C=O) groups excluding carboxylic acids is 1. The lowest BCUT2D eigenvalue weighted by molar-refractivity contribution is -0.117. The third kappa shape index (κ3) is 3.04. The third-order valence-corrected chi connectivity index (χ3v) is 3.16. The third-order valence-electron chi connectivity index (χ3n) is 2.30. The van der Waals surface area contributed by atoms with Crippen LogP contribution in [0.25, 0.3) is 0 Å². The highest BCUT2D eigenvalue weighted by Gasteiger charge is 2.12. The van der Waals surface area contributed by atoms with Crippen LogP contribution in [0.1, 0.15) is 18.9 Å². The Hall–Kier alpha value is -0.870. The van der Waals surface area contributed by atoms with Gasteiger partial charge in [-0.15, -0.1) is 0 Å². The summed E-state index contributed by atoms with van der Waals surface area (Å²) in [7, 11) is 0. The molecule has 0 heterocycles. The van der Waals surface area contributed by atoms with Crippen molar-refractivity contribution >= 4 is 27.5 Å². The second-order valence-corrected chi connectivity index (χ2v) is 4.27.